The van der Waals surface area contributed by atoms with Crippen LogP contribution < -0.4 is 10.6 Å². The largest absolute Gasteiger partial charge is 0.393 e. The number of benzene rings is 1. The summed E-state index contributed by atoms with van der Waals surface area (Å²) in [6.07, 6.45) is 4.84. The maximum Gasteiger partial charge on any atom is 0.222 e. The fourth-order valence-electron chi connectivity index (χ4n) is 4.25. The number of aliphatic hydroxyl groups excluding tert-OH is 1. The Kier molecular flexibility index (Phi) is 6.07. The van der Waals surface area contributed by atoms with Gasteiger partial charge >= 0.3 is 0 Å². The highest BCUT2D eigenvalue weighted by Gasteiger charge is 2.30. The van der Waals surface area contributed by atoms with Crippen molar-refractivity contribution in [2.45, 2.75) is 44.1 Å². The number of anilines is 2. The minimum Gasteiger partial charge on any atom is -0.393 e. The van der Waals surface area contributed by atoms with Crippen LogP contribution in [0.2, 0.25) is 0 Å². The Morgan fingerprint density at radius 1 is 1.04 bits per heavy atom. The molecule has 0 radical (unpaired) electrons. The lowest BCUT2D eigenvalue weighted by Crippen LogP contribution is -2.32. The average Bonchev–Trinajstić information content (AvgIpc) is 2.92. The molecule has 28 heavy (non-hydrogen) atoms. The molecule has 0 spiro atoms. The number of nitrogens with two attached hydrogens (primary N) is 1. The molecule has 1 saturated carbocycles. The van der Waals surface area contributed by atoms with Gasteiger partial charge in [0.2, 0.25) is 5.95 Å². The molecule has 6 heteroatoms. The standard InChI is InChI=1S/C22H31N5O/c23-22-24-20(18-14-19(28)15-18)16-21(25-22)27-11-5-10-26(12-13-27)9-4-8-17-6-2-1-3-7-17/h1-3,6-7,16,18-19,28H,4-5,8-15H2,(H2,23,24,25). The van der Waals surface area contributed by atoms with E-state index in [2.05, 4.69) is 56.2 Å². The number of hydrogen-bond acceptors (Lipinski definition) is 6. The van der Waals surface area contributed by atoms with Crippen LogP contribution in [0.1, 0.15) is 42.9 Å². The van der Waals surface area contributed by atoms with Crippen LogP contribution in [-0.4, -0.2) is 58.8 Å². The summed E-state index contributed by atoms with van der Waals surface area (Å²) in [4.78, 5) is 13.8. The monoisotopic (exact) mass is 381 g/mol. The third-order valence-corrected chi connectivity index (χ3v) is 5.98. The van der Waals surface area contributed by atoms with Crippen molar-refractivity contribution in [3.05, 3.63) is 47.7 Å². The first-order valence-corrected chi connectivity index (χ1v) is 10.5. The molecule has 0 bridgehead atoms. The zero-order valence-corrected chi connectivity index (χ0v) is 16.5. The molecule has 1 aliphatic carbocycles. The molecule has 1 aromatic heterocycles. The molecule has 0 unspecified atom stereocenters. The van der Waals surface area contributed by atoms with E-state index in [4.69, 9.17) is 5.73 Å². The predicted molar refractivity (Wildman–Crippen MR) is 112 cm³/mol. The number of rotatable bonds is 6. The Morgan fingerprint density at radius 3 is 2.64 bits per heavy atom. The lowest BCUT2D eigenvalue weighted by Gasteiger charge is -2.31. The van der Waals surface area contributed by atoms with Crippen molar-refractivity contribution in [3.8, 4) is 0 Å². The fourth-order valence-corrected chi connectivity index (χ4v) is 4.25. The molecule has 4 rings (SSSR count). The van der Waals surface area contributed by atoms with Crippen molar-refractivity contribution in [1.29, 1.82) is 0 Å². The van der Waals surface area contributed by atoms with Gasteiger partial charge in [-0.3, -0.25) is 0 Å². The number of nitrogens with zero attached hydrogens (tertiary/aromatic N) is 4. The van der Waals surface area contributed by atoms with Crippen LogP contribution in [0.4, 0.5) is 11.8 Å². The smallest absolute Gasteiger partial charge is 0.222 e. The van der Waals surface area contributed by atoms with Crippen LogP contribution in [0.3, 0.4) is 0 Å². The van der Waals surface area contributed by atoms with E-state index >= 15 is 0 Å². The Labute approximate surface area is 167 Å². The van der Waals surface area contributed by atoms with E-state index in [1.807, 2.05) is 0 Å². The third kappa shape index (κ3) is 4.80. The van der Waals surface area contributed by atoms with Crippen molar-refractivity contribution in [1.82, 2.24) is 14.9 Å². The summed E-state index contributed by atoms with van der Waals surface area (Å²) >= 11 is 0. The van der Waals surface area contributed by atoms with Gasteiger partial charge in [-0.05, 0) is 50.8 Å². The van der Waals surface area contributed by atoms with E-state index in [9.17, 15) is 5.11 Å². The van der Waals surface area contributed by atoms with Crippen molar-refractivity contribution in [3.63, 3.8) is 0 Å². The summed E-state index contributed by atoms with van der Waals surface area (Å²) in [5.41, 5.74) is 8.39. The predicted octanol–water partition coefficient (Wildman–Crippen LogP) is 2.44. The zero-order chi connectivity index (χ0) is 19.3. The van der Waals surface area contributed by atoms with Crippen molar-refractivity contribution >= 4 is 11.8 Å². The molecule has 1 aliphatic heterocycles. The van der Waals surface area contributed by atoms with E-state index in [-0.39, 0.29) is 6.10 Å². The summed E-state index contributed by atoms with van der Waals surface area (Å²) in [6.45, 7) is 5.29. The normalized spacial score (nSPS) is 23.2. The molecule has 150 valence electrons. The number of nitrogen functional groups attached to an aromatic ring is 1. The maximum atomic E-state index is 9.59. The molecule has 6 nitrogen and oxygen atoms in total. The van der Waals surface area contributed by atoms with Crippen LogP contribution in [0.15, 0.2) is 36.4 Å². The highest BCUT2D eigenvalue weighted by molar-refractivity contribution is 5.45. The lowest BCUT2D eigenvalue weighted by molar-refractivity contribution is 0.0732. The van der Waals surface area contributed by atoms with Gasteiger partial charge in [0.05, 0.1) is 11.8 Å². The SMILES string of the molecule is Nc1nc(C2CC(O)C2)cc(N2CCCN(CCCc3ccccc3)CC2)n1. The third-order valence-electron chi connectivity index (χ3n) is 5.98. The summed E-state index contributed by atoms with van der Waals surface area (Å²) < 4.78 is 0. The van der Waals surface area contributed by atoms with Crippen molar-refractivity contribution in [2.24, 2.45) is 0 Å². The first-order chi connectivity index (χ1) is 13.7. The lowest BCUT2D eigenvalue weighted by atomic mass is 9.80. The molecule has 2 aromatic rings. The van der Waals surface area contributed by atoms with Gasteiger partial charge in [0.25, 0.3) is 0 Å². The molecular weight excluding hydrogens is 350 g/mol. The van der Waals surface area contributed by atoms with E-state index in [1.54, 1.807) is 0 Å². The second-order valence-corrected chi connectivity index (χ2v) is 8.10. The molecule has 0 atom stereocenters. The second-order valence-electron chi connectivity index (χ2n) is 8.10. The summed E-state index contributed by atoms with van der Waals surface area (Å²) in [6, 6.07) is 12.8. The van der Waals surface area contributed by atoms with Gasteiger partial charge in [-0.2, -0.15) is 4.98 Å². The summed E-state index contributed by atoms with van der Waals surface area (Å²) in [5, 5.41) is 9.59. The van der Waals surface area contributed by atoms with Gasteiger partial charge in [-0.15, -0.1) is 0 Å². The van der Waals surface area contributed by atoms with Crippen LogP contribution in [-0.2, 0) is 6.42 Å². The Bertz CT molecular complexity index is 763. The highest BCUT2D eigenvalue weighted by Crippen LogP contribution is 2.37. The van der Waals surface area contributed by atoms with Gasteiger partial charge in [0, 0.05) is 31.6 Å². The van der Waals surface area contributed by atoms with Crippen LogP contribution >= 0.6 is 0 Å². The van der Waals surface area contributed by atoms with Gasteiger partial charge in [-0.1, -0.05) is 30.3 Å². The summed E-state index contributed by atoms with van der Waals surface area (Å²) in [5.74, 6) is 1.60. The maximum absolute atomic E-state index is 9.59. The molecule has 2 aliphatic rings. The molecular formula is C22H31N5O. The number of aryl methyl sites for hydroxylation is 1. The quantitative estimate of drug-likeness (QED) is 0.800. The van der Waals surface area contributed by atoms with E-state index in [1.165, 1.54) is 12.0 Å². The molecule has 1 saturated heterocycles. The average molecular weight is 382 g/mol. The Morgan fingerprint density at radius 2 is 1.86 bits per heavy atom. The van der Waals surface area contributed by atoms with Crippen LogP contribution in [0, 0.1) is 0 Å². The first kappa shape index (κ1) is 19.2. The number of aliphatic hydroxyl groups is 1. The number of aromatic nitrogens is 2. The molecule has 2 fully saturated rings. The van der Waals surface area contributed by atoms with Crippen LogP contribution in [0.25, 0.3) is 0 Å². The minimum atomic E-state index is -0.188. The minimum absolute atomic E-state index is 0.188. The van der Waals surface area contributed by atoms with Gasteiger partial charge in [-0.25, -0.2) is 4.98 Å². The second kappa shape index (κ2) is 8.88. The summed E-state index contributed by atoms with van der Waals surface area (Å²) in [7, 11) is 0. The topological polar surface area (TPSA) is 78.5 Å². The Hall–Kier alpha value is -2.18. The number of hydrogen-bond donors (Lipinski definition) is 2. The fraction of sp³-hybridized carbons (Fsp3) is 0.545. The van der Waals surface area contributed by atoms with Gasteiger partial charge in [0.1, 0.15) is 5.82 Å². The Balaban J connectivity index is 1.31. The van der Waals surface area contributed by atoms with E-state index < -0.39 is 0 Å². The first-order valence-electron chi connectivity index (χ1n) is 10.5. The zero-order valence-electron chi connectivity index (χ0n) is 16.5. The molecule has 3 N–H and O–H groups in total. The van der Waals surface area contributed by atoms with Crippen molar-refractivity contribution in [2.75, 3.05) is 43.4 Å². The molecule has 2 heterocycles. The van der Waals surface area contributed by atoms with Gasteiger partial charge < -0.3 is 20.6 Å². The highest BCUT2D eigenvalue weighted by atomic mass is 16.3. The van der Waals surface area contributed by atoms with Crippen molar-refractivity contribution < 1.29 is 5.11 Å². The van der Waals surface area contributed by atoms with E-state index in [0.717, 1.165) is 69.9 Å². The molecule has 0 amide bonds. The van der Waals surface area contributed by atoms with Gasteiger partial charge in [0.15, 0.2) is 0 Å². The van der Waals surface area contributed by atoms with Crippen LogP contribution in [0.5, 0.6) is 0 Å². The van der Waals surface area contributed by atoms with E-state index in [0.29, 0.717) is 11.9 Å². The molecule has 1 aromatic carbocycles.